The van der Waals surface area contributed by atoms with Crippen LogP contribution < -0.4 is 0 Å². The van der Waals surface area contributed by atoms with Gasteiger partial charge in [0.1, 0.15) is 11.5 Å². The average Bonchev–Trinajstić information content (AvgIpc) is 3.15. The first-order valence-electron chi connectivity index (χ1n) is 9.22. The van der Waals surface area contributed by atoms with E-state index in [1.807, 2.05) is 11.0 Å². The second-order valence-corrected chi connectivity index (χ2v) is 6.95. The van der Waals surface area contributed by atoms with Crippen LogP contribution in [0.1, 0.15) is 57.8 Å². The smallest absolute Gasteiger partial charge is 0.337 e. The Bertz CT molecular complexity index is 847. The van der Waals surface area contributed by atoms with E-state index in [0.29, 0.717) is 18.7 Å². The number of carbonyl (C=O) groups is 2. The minimum atomic E-state index is -1.06. The third kappa shape index (κ3) is 4.51. The van der Waals surface area contributed by atoms with Crippen LogP contribution in [-0.4, -0.2) is 39.5 Å². The van der Waals surface area contributed by atoms with Crippen molar-refractivity contribution in [1.82, 2.24) is 9.88 Å². The maximum absolute atomic E-state index is 13.4. The Balaban J connectivity index is 1.80. The van der Waals surface area contributed by atoms with Gasteiger partial charge in [0.2, 0.25) is 0 Å². The van der Waals surface area contributed by atoms with Crippen molar-refractivity contribution in [2.75, 3.05) is 6.54 Å². The number of pyridine rings is 1. The normalized spacial score (nSPS) is 14.3. The summed E-state index contributed by atoms with van der Waals surface area (Å²) in [7, 11) is 0. The number of benzene rings is 1. The second kappa shape index (κ2) is 8.29. The summed E-state index contributed by atoms with van der Waals surface area (Å²) in [5.74, 6) is -1.54. The third-order valence-corrected chi connectivity index (χ3v) is 5.09. The molecule has 142 valence electrons. The summed E-state index contributed by atoms with van der Waals surface area (Å²) < 4.78 is 13.4. The summed E-state index contributed by atoms with van der Waals surface area (Å²) in [4.78, 5) is 30.3. The highest BCUT2D eigenvalue weighted by Gasteiger charge is 2.28. The number of amides is 1. The van der Waals surface area contributed by atoms with E-state index < -0.39 is 5.97 Å². The molecule has 2 aromatic rings. The van der Waals surface area contributed by atoms with Crippen LogP contribution in [0.15, 0.2) is 36.4 Å². The Kier molecular flexibility index (Phi) is 5.84. The van der Waals surface area contributed by atoms with Gasteiger partial charge in [0, 0.05) is 12.6 Å². The van der Waals surface area contributed by atoms with Crippen molar-refractivity contribution >= 4 is 11.9 Å². The van der Waals surface area contributed by atoms with Gasteiger partial charge in [-0.15, -0.1) is 0 Å². The minimum Gasteiger partial charge on any atom is -0.478 e. The quantitative estimate of drug-likeness (QED) is 0.838. The molecule has 0 spiro atoms. The lowest BCUT2D eigenvalue weighted by Crippen LogP contribution is -2.40. The van der Waals surface area contributed by atoms with Crippen molar-refractivity contribution in [2.45, 2.75) is 45.1 Å². The first kappa shape index (κ1) is 19.0. The predicted molar refractivity (Wildman–Crippen MR) is 99.3 cm³/mol. The van der Waals surface area contributed by atoms with Crippen molar-refractivity contribution in [3.05, 3.63) is 64.7 Å². The van der Waals surface area contributed by atoms with Crippen LogP contribution in [0.25, 0.3) is 0 Å². The predicted octanol–water partition coefficient (Wildman–Crippen LogP) is 3.85. The standard InChI is InChI=1S/C21H23FN2O3/c1-14-18(21(26)27)9-10-19(23-14)20(25)24(17-7-2-3-8-17)12-11-15-5-4-6-16(22)13-15/h4-6,9-10,13,17H,2-3,7-8,11-12H2,1H3,(H,26,27). The molecule has 1 fully saturated rings. The number of aryl methyl sites for hydroxylation is 1. The molecule has 3 rings (SSSR count). The van der Waals surface area contributed by atoms with E-state index in [1.54, 1.807) is 13.0 Å². The zero-order valence-corrected chi connectivity index (χ0v) is 15.3. The number of carboxylic acids is 1. The van der Waals surface area contributed by atoms with Gasteiger partial charge in [0.15, 0.2) is 0 Å². The maximum Gasteiger partial charge on any atom is 0.337 e. The molecule has 5 nitrogen and oxygen atoms in total. The molecule has 1 aromatic heterocycles. The van der Waals surface area contributed by atoms with Crippen LogP contribution in [0.3, 0.4) is 0 Å². The number of aromatic nitrogens is 1. The molecule has 1 heterocycles. The largest absolute Gasteiger partial charge is 0.478 e. The molecule has 1 N–H and O–H groups in total. The zero-order chi connectivity index (χ0) is 19.4. The van der Waals surface area contributed by atoms with Crippen LogP contribution in [0.5, 0.6) is 0 Å². The number of carboxylic acid groups (broad SMARTS) is 1. The number of carbonyl (C=O) groups excluding carboxylic acids is 1. The van der Waals surface area contributed by atoms with Gasteiger partial charge in [-0.25, -0.2) is 14.2 Å². The van der Waals surface area contributed by atoms with Gasteiger partial charge in [-0.2, -0.15) is 0 Å². The summed E-state index contributed by atoms with van der Waals surface area (Å²) >= 11 is 0. The summed E-state index contributed by atoms with van der Waals surface area (Å²) in [6, 6.07) is 9.46. The monoisotopic (exact) mass is 370 g/mol. The molecule has 1 amide bonds. The minimum absolute atomic E-state index is 0.0960. The lowest BCUT2D eigenvalue weighted by molar-refractivity contribution is 0.0668. The molecule has 0 radical (unpaired) electrons. The van der Waals surface area contributed by atoms with Gasteiger partial charge in [-0.1, -0.05) is 25.0 Å². The van der Waals surface area contributed by atoms with E-state index in [4.69, 9.17) is 5.11 Å². The fourth-order valence-corrected chi connectivity index (χ4v) is 3.66. The molecule has 0 bridgehead atoms. The fraction of sp³-hybridized carbons (Fsp3) is 0.381. The maximum atomic E-state index is 13.4. The van der Waals surface area contributed by atoms with Gasteiger partial charge in [0.25, 0.3) is 5.91 Å². The molecule has 0 atom stereocenters. The topological polar surface area (TPSA) is 70.5 Å². The Morgan fingerprint density at radius 1 is 1.22 bits per heavy atom. The summed E-state index contributed by atoms with van der Waals surface area (Å²) in [5, 5.41) is 9.14. The van der Waals surface area contributed by atoms with Crippen LogP contribution in [0, 0.1) is 12.7 Å². The third-order valence-electron chi connectivity index (χ3n) is 5.09. The fourth-order valence-electron chi connectivity index (χ4n) is 3.66. The Hall–Kier alpha value is -2.76. The number of halogens is 1. The van der Waals surface area contributed by atoms with Crippen LogP contribution in [-0.2, 0) is 6.42 Å². The lowest BCUT2D eigenvalue weighted by atomic mass is 10.1. The first-order valence-corrected chi connectivity index (χ1v) is 9.22. The molecule has 0 aliphatic heterocycles. The zero-order valence-electron chi connectivity index (χ0n) is 15.3. The van der Waals surface area contributed by atoms with Crippen molar-refractivity contribution in [3.63, 3.8) is 0 Å². The molecule has 1 aliphatic carbocycles. The Morgan fingerprint density at radius 2 is 1.96 bits per heavy atom. The molecule has 27 heavy (non-hydrogen) atoms. The van der Waals surface area contributed by atoms with E-state index >= 15 is 0 Å². The molecule has 6 heteroatoms. The summed E-state index contributed by atoms with van der Waals surface area (Å²) in [6.07, 6.45) is 4.62. The van der Waals surface area contributed by atoms with Gasteiger partial charge < -0.3 is 10.0 Å². The van der Waals surface area contributed by atoms with Gasteiger partial charge in [-0.3, -0.25) is 4.79 Å². The van der Waals surface area contributed by atoms with Crippen molar-refractivity contribution < 1.29 is 19.1 Å². The molecule has 0 unspecified atom stereocenters. The number of nitrogens with zero attached hydrogens (tertiary/aromatic N) is 2. The van der Waals surface area contributed by atoms with E-state index in [-0.39, 0.29) is 29.0 Å². The van der Waals surface area contributed by atoms with E-state index in [2.05, 4.69) is 4.98 Å². The highest BCUT2D eigenvalue weighted by Crippen LogP contribution is 2.25. The van der Waals surface area contributed by atoms with Crippen molar-refractivity contribution in [3.8, 4) is 0 Å². The van der Waals surface area contributed by atoms with Crippen LogP contribution in [0.4, 0.5) is 4.39 Å². The summed E-state index contributed by atoms with van der Waals surface area (Å²) in [5.41, 5.74) is 1.52. The molecule has 0 saturated heterocycles. The highest BCUT2D eigenvalue weighted by atomic mass is 19.1. The number of hydrogen-bond acceptors (Lipinski definition) is 3. The second-order valence-electron chi connectivity index (χ2n) is 6.95. The van der Waals surface area contributed by atoms with Crippen LogP contribution in [0.2, 0.25) is 0 Å². The average molecular weight is 370 g/mol. The number of hydrogen-bond donors (Lipinski definition) is 1. The van der Waals surface area contributed by atoms with Gasteiger partial charge in [-0.05, 0) is 56.0 Å². The lowest BCUT2D eigenvalue weighted by Gasteiger charge is -2.29. The first-order chi connectivity index (χ1) is 13.0. The Morgan fingerprint density at radius 3 is 2.59 bits per heavy atom. The van der Waals surface area contributed by atoms with E-state index in [1.165, 1.54) is 24.3 Å². The number of aromatic carboxylic acids is 1. The van der Waals surface area contributed by atoms with Crippen LogP contribution >= 0.6 is 0 Å². The van der Waals surface area contributed by atoms with Crippen molar-refractivity contribution in [1.29, 1.82) is 0 Å². The number of rotatable bonds is 6. The van der Waals surface area contributed by atoms with E-state index in [9.17, 15) is 14.0 Å². The molecule has 1 saturated carbocycles. The molecular formula is C21H23FN2O3. The van der Waals surface area contributed by atoms with Crippen molar-refractivity contribution in [2.24, 2.45) is 0 Å². The van der Waals surface area contributed by atoms with E-state index in [0.717, 1.165) is 31.2 Å². The highest BCUT2D eigenvalue weighted by molar-refractivity contribution is 5.94. The molecular weight excluding hydrogens is 347 g/mol. The molecule has 1 aromatic carbocycles. The SMILES string of the molecule is Cc1nc(C(=O)N(CCc2cccc(F)c2)C2CCCC2)ccc1C(=O)O. The Labute approximate surface area is 157 Å². The molecule has 1 aliphatic rings. The summed E-state index contributed by atoms with van der Waals surface area (Å²) in [6.45, 7) is 2.07. The van der Waals surface area contributed by atoms with Gasteiger partial charge in [0.05, 0.1) is 11.3 Å². The van der Waals surface area contributed by atoms with Gasteiger partial charge >= 0.3 is 5.97 Å².